The van der Waals surface area contributed by atoms with E-state index in [9.17, 15) is 27.2 Å². The van der Waals surface area contributed by atoms with Crippen molar-refractivity contribution in [3.05, 3.63) is 59.4 Å². The van der Waals surface area contributed by atoms with Crippen LogP contribution in [0.25, 0.3) is 10.1 Å². The van der Waals surface area contributed by atoms with Crippen LogP contribution in [0.15, 0.2) is 46.7 Å². The first-order chi connectivity index (χ1) is 16.4. The number of sulfonamides is 1. The molecule has 0 amide bonds. The first-order valence-electron chi connectivity index (χ1n) is 10.1. The van der Waals surface area contributed by atoms with Gasteiger partial charge in [-0.05, 0) is 47.3 Å². The molecule has 0 bridgehead atoms. The summed E-state index contributed by atoms with van der Waals surface area (Å²) in [5.74, 6) is -2.68. The fourth-order valence-electron chi connectivity index (χ4n) is 3.01. The molecule has 3 N–H and O–H groups in total. The Morgan fingerprint density at radius 2 is 2.06 bits per heavy atom. The highest BCUT2D eigenvalue weighted by atomic mass is 32.2. The van der Waals surface area contributed by atoms with Crippen LogP contribution in [-0.4, -0.2) is 51.5 Å². The number of nitrogens with one attached hydrogen (secondary N) is 2. The molecule has 0 aliphatic carbocycles. The smallest absolute Gasteiger partial charge is 0.251 e. The largest absolute Gasteiger partial charge is 0.777 e. The molecule has 0 saturated heterocycles. The molecule has 0 spiro atoms. The number of ether oxygens (including phenoxy) is 1. The second-order valence-corrected chi connectivity index (χ2v) is 12.3. The minimum Gasteiger partial charge on any atom is -0.777 e. The Morgan fingerprint density at radius 1 is 1.31 bits per heavy atom. The number of fused-ring (bicyclic) bond motifs is 1. The summed E-state index contributed by atoms with van der Waals surface area (Å²) >= 11 is 0.886. The van der Waals surface area contributed by atoms with Crippen molar-refractivity contribution >= 4 is 45.4 Å². The minimum absolute atomic E-state index is 0.209. The van der Waals surface area contributed by atoms with Crippen molar-refractivity contribution in [1.82, 2.24) is 10.0 Å². The zero-order valence-electron chi connectivity index (χ0n) is 18.6. The predicted molar refractivity (Wildman–Crippen MR) is 127 cm³/mol. The Labute approximate surface area is 205 Å². The quantitative estimate of drug-likeness (QED) is 0.115. The van der Waals surface area contributed by atoms with Gasteiger partial charge in [-0.25, -0.2) is 12.8 Å². The van der Waals surface area contributed by atoms with Crippen molar-refractivity contribution < 1.29 is 36.5 Å². The van der Waals surface area contributed by atoms with Crippen LogP contribution in [0.5, 0.6) is 5.75 Å². The highest BCUT2D eigenvalue weighted by Crippen LogP contribution is 2.47. The van der Waals surface area contributed by atoms with E-state index in [0.29, 0.717) is 35.1 Å². The van der Waals surface area contributed by atoms with E-state index in [2.05, 4.69) is 5.32 Å². The van der Waals surface area contributed by atoms with Gasteiger partial charge in [-0.2, -0.15) is 9.98 Å². The lowest BCUT2D eigenvalue weighted by Gasteiger charge is -2.28. The maximum Gasteiger partial charge on any atom is 0.251 e. The van der Waals surface area contributed by atoms with Crippen molar-refractivity contribution in [3.63, 3.8) is 0 Å². The summed E-state index contributed by atoms with van der Waals surface area (Å²) in [6.45, 7) is 0.919. The molecule has 0 fully saturated rings. The molecule has 2 aromatic carbocycles. The number of halogens is 1. The van der Waals surface area contributed by atoms with Crippen LogP contribution < -0.4 is 19.7 Å². The highest BCUT2D eigenvalue weighted by molar-refractivity contribution is 7.92. The molecule has 0 saturated carbocycles. The van der Waals surface area contributed by atoms with E-state index >= 15 is 0 Å². The molecule has 35 heavy (non-hydrogen) atoms. The van der Waals surface area contributed by atoms with Gasteiger partial charge in [0.2, 0.25) is 6.34 Å². The second-order valence-electron chi connectivity index (χ2n) is 7.60. The van der Waals surface area contributed by atoms with Crippen molar-refractivity contribution in [1.29, 1.82) is 5.26 Å². The van der Waals surface area contributed by atoms with Gasteiger partial charge < -0.3 is 19.1 Å². The third-order valence-corrected chi connectivity index (χ3v) is 8.88. The number of benzene rings is 2. The van der Waals surface area contributed by atoms with Crippen LogP contribution in [0.3, 0.4) is 0 Å². The Kier molecular flexibility index (Phi) is 8.27. The van der Waals surface area contributed by atoms with E-state index < -0.39 is 29.2 Å². The maximum atomic E-state index is 14.0. The molecule has 2 unspecified atom stereocenters. The Bertz CT molecular complexity index is 1460. The van der Waals surface area contributed by atoms with Crippen molar-refractivity contribution in [2.24, 2.45) is 0 Å². The van der Waals surface area contributed by atoms with E-state index in [4.69, 9.17) is 10.00 Å². The first kappa shape index (κ1) is 26.7. The lowest BCUT2D eigenvalue weighted by Crippen LogP contribution is -2.31. The standard InChI is InChI=1S/C21H22FN4O6PS2/c1-26(2)13-24-7-8-32-17-5-6-19-16(9-17)11-20(34-19)35(30,31)25-21(33(27,28)29)14-3-4-15(12-23)18(22)10-14/h3-6,9-11,13,21,25H,7-8H2,1-2H3,(H2,27,28,29). The SMILES string of the molecule is C[N+](C)=CNCCOc1ccc2sc(S(=O)(=O)NC(c3ccc(C#N)c(F)c3)P(=O)([O-])O)cc2c1. The molecule has 3 rings (SSSR count). The predicted octanol–water partition coefficient (Wildman–Crippen LogP) is 1.70. The molecule has 0 radical (unpaired) electrons. The van der Waals surface area contributed by atoms with Gasteiger partial charge in [-0.1, -0.05) is 6.07 Å². The lowest BCUT2D eigenvalue weighted by atomic mass is 10.1. The molecule has 14 heteroatoms. The molecule has 0 aliphatic heterocycles. The molecular formula is C21H22FN4O6PS2. The summed E-state index contributed by atoms with van der Waals surface area (Å²) in [7, 11) is -6.03. The Morgan fingerprint density at radius 3 is 2.69 bits per heavy atom. The topological polar surface area (TPSA) is 155 Å². The number of hydrogen-bond donors (Lipinski definition) is 3. The van der Waals surface area contributed by atoms with Gasteiger partial charge in [-0.15, -0.1) is 11.3 Å². The van der Waals surface area contributed by atoms with Crippen LogP contribution >= 0.6 is 18.9 Å². The summed E-state index contributed by atoms with van der Waals surface area (Å²) in [4.78, 5) is 21.6. The third-order valence-electron chi connectivity index (χ3n) is 4.62. The third kappa shape index (κ3) is 6.85. The number of rotatable bonds is 10. The maximum absolute atomic E-state index is 14.0. The summed E-state index contributed by atoms with van der Waals surface area (Å²) in [6, 6.07) is 10.7. The van der Waals surface area contributed by atoms with Gasteiger partial charge >= 0.3 is 0 Å². The average molecular weight is 541 g/mol. The van der Waals surface area contributed by atoms with Crippen LogP contribution in [0.4, 0.5) is 4.39 Å². The fraction of sp³-hybridized carbons (Fsp3) is 0.238. The Hall–Kier alpha value is -2.85. The van der Waals surface area contributed by atoms with E-state index in [0.717, 1.165) is 23.5 Å². The first-order valence-corrected chi connectivity index (χ1v) is 14.0. The van der Waals surface area contributed by atoms with Gasteiger partial charge in [-0.3, -0.25) is 9.89 Å². The van der Waals surface area contributed by atoms with Crippen molar-refractivity contribution in [2.45, 2.75) is 9.99 Å². The van der Waals surface area contributed by atoms with Gasteiger partial charge in [0.25, 0.3) is 10.0 Å². The summed E-state index contributed by atoms with van der Waals surface area (Å²) in [5, 5.41) is 12.4. The van der Waals surface area contributed by atoms with Gasteiger partial charge in [0.1, 0.15) is 40.8 Å². The van der Waals surface area contributed by atoms with Crippen LogP contribution in [0, 0.1) is 17.1 Å². The van der Waals surface area contributed by atoms with Gasteiger partial charge in [0.15, 0.2) is 7.60 Å². The van der Waals surface area contributed by atoms with E-state index in [1.165, 1.54) is 6.07 Å². The summed E-state index contributed by atoms with van der Waals surface area (Å²) < 4.78 is 61.7. The zero-order valence-corrected chi connectivity index (χ0v) is 21.2. The molecule has 186 valence electrons. The zero-order chi connectivity index (χ0) is 25.8. The van der Waals surface area contributed by atoms with E-state index in [1.54, 1.807) is 30.6 Å². The summed E-state index contributed by atoms with van der Waals surface area (Å²) in [6.07, 6.45) is 1.78. The van der Waals surface area contributed by atoms with Crippen LogP contribution in [-0.2, 0) is 14.6 Å². The van der Waals surface area contributed by atoms with Gasteiger partial charge in [0.05, 0.1) is 19.7 Å². The van der Waals surface area contributed by atoms with E-state index in [1.807, 2.05) is 23.4 Å². The minimum atomic E-state index is -5.34. The Balaban J connectivity index is 1.83. The van der Waals surface area contributed by atoms with Crippen molar-refractivity contribution in [2.75, 3.05) is 27.2 Å². The molecule has 10 nitrogen and oxygen atoms in total. The number of hydrogen-bond acceptors (Lipinski definition) is 7. The fourth-order valence-corrected chi connectivity index (χ4v) is 6.96. The molecule has 1 aromatic heterocycles. The number of nitriles is 1. The van der Waals surface area contributed by atoms with Gasteiger partial charge in [0, 0.05) is 4.70 Å². The molecule has 3 aromatic rings. The monoisotopic (exact) mass is 540 g/mol. The average Bonchev–Trinajstić information content (AvgIpc) is 3.21. The molecule has 0 aliphatic rings. The lowest BCUT2D eigenvalue weighted by molar-refractivity contribution is -0.461. The second kappa shape index (κ2) is 10.8. The number of nitrogens with zero attached hydrogens (tertiary/aromatic N) is 2. The molecular weight excluding hydrogens is 518 g/mol. The normalized spacial score (nSPS) is 14.1. The van der Waals surface area contributed by atoms with Crippen molar-refractivity contribution in [3.8, 4) is 11.8 Å². The van der Waals surface area contributed by atoms with E-state index in [-0.39, 0.29) is 15.3 Å². The number of thiophene rings is 1. The van der Waals surface area contributed by atoms with Crippen LogP contribution in [0.1, 0.15) is 16.9 Å². The molecule has 1 heterocycles. The van der Waals surface area contributed by atoms with Crippen LogP contribution in [0.2, 0.25) is 0 Å². The molecule has 2 atom stereocenters. The summed E-state index contributed by atoms with van der Waals surface area (Å²) in [5.41, 5.74) is -0.731. The highest BCUT2D eigenvalue weighted by Gasteiger charge is 2.30.